The minimum atomic E-state index is -6.08. The Kier molecular flexibility index (Phi) is 14.4. The molecule has 2 N–H and O–H groups in total. The van der Waals surface area contributed by atoms with Crippen LogP contribution in [0.5, 0.6) is 0 Å². The Labute approximate surface area is 343 Å². The Morgan fingerprint density at radius 3 is 2.16 bits per heavy atom. The molecule has 2 heterocycles. The average Bonchev–Trinajstić information content (AvgIpc) is 3.66. The third kappa shape index (κ3) is 11.8. The van der Waals surface area contributed by atoms with Crippen molar-refractivity contribution in [3.05, 3.63) is 78.4 Å². The molecule has 5 rings (SSSR count). The van der Waals surface area contributed by atoms with Gasteiger partial charge in [0.15, 0.2) is 0 Å². The minimum Gasteiger partial charge on any atom is -0.444 e. The molecule has 0 saturated carbocycles. The third-order valence-corrected chi connectivity index (χ3v) is 13.9. The first-order chi connectivity index (χ1) is 27.1. The summed E-state index contributed by atoms with van der Waals surface area (Å²) in [6, 6.07) is 17.7. The fraction of sp³-hybridized carbons (Fsp3) is 0.487. The molecule has 2 aliphatic heterocycles. The SMILES string of the molecule is CN(C)[C@@H]1CCN(c2ccc(C(=O)NS(=O)(=O)c3ccc(N[C@H](CCN4CCN(C(=O)OC(C)(C)C)CC4)CSc4ccccc4)c(S(=O)(=O)C(F)(F)F)c3)cc2)C1. The maximum absolute atomic E-state index is 14.2. The Morgan fingerprint density at radius 2 is 1.57 bits per heavy atom. The average molecular weight is 869 g/mol. The largest absolute Gasteiger partial charge is 0.501 e. The molecule has 19 heteroatoms. The van der Waals surface area contributed by atoms with Crippen molar-refractivity contribution in [2.45, 2.75) is 71.5 Å². The fourth-order valence-electron chi connectivity index (χ4n) is 6.55. The lowest BCUT2D eigenvalue weighted by Gasteiger charge is -2.36. The monoisotopic (exact) mass is 868 g/mol. The van der Waals surface area contributed by atoms with Gasteiger partial charge < -0.3 is 24.8 Å². The van der Waals surface area contributed by atoms with Crippen LogP contribution in [0.3, 0.4) is 0 Å². The Bertz CT molecular complexity index is 2110. The van der Waals surface area contributed by atoms with Crippen molar-refractivity contribution in [2.75, 3.05) is 75.9 Å². The van der Waals surface area contributed by atoms with E-state index in [-0.39, 0.29) is 5.56 Å². The molecule has 2 amide bonds. The van der Waals surface area contributed by atoms with E-state index in [1.165, 1.54) is 23.9 Å². The van der Waals surface area contributed by atoms with Crippen LogP contribution >= 0.6 is 11.8 Å². The molecule has 3 aromatic rings. The van der Waals surface area contributed by atoms with E-state index in [9.17, 15) is 39.6 Å². The van der Waals surface area contributed by atoms with Gasteiger partial charge in [-0.3, -0.25) is 9.69 Å². The number of likely N-dealkylation sites (N-methyl/N-ethyl adjacent to an activating group) is 1. The first-order valence-corrected chi connectivity index (χ1v) is 22.8. The van der Waals surface area contributed by atoms with E-state index in [2.05, 4.69) is 20.0 Å². The van der Waals surface area contributed by atoms with Gasteiger partial charge in [0.05, 0.1) is 10.6 Å². The van der Waals surface area contributed by atoms with Crippen LogP contribution in [0.1, 0.15) is 44.0 Å². The molecule has 13 nitrogen and oxygen atoms in total. The predicted octanol–water partition coefficient (Wildman–Crippen LogP) is 5.75. The molecule has 2 fully saturated rings. The number of alkyl halides is 3. The van der Waals surface area contributed by atoms with Crippen molar-refractivity contribution in [2.24, 2.45) is 0 Å². The highest BCUT2D eigenvalue weighted by atomic mass is 32.2. The molecule has 2 atom stereocenters. The molecule has 2 aliphatic rings. The maximum Gasteiger partial charge on any atom is 0.501 e. The van der Waals surface area contributed by atoms with E-state index in [4.69, 9.17) is 4.74 Å². The Balaban J connectivity index is 1.34. The minimum absolute atomic E-state index is 0.0119. The molecule has 0 spiro atoms. The molecule has 318 valence electrons. The number of carbonyl (C=O) groups excluding carboxylic acids is 2. The number of anilines is 2. The van der Waals surface area contributed by atoms with Gasteiger partial charge in [0.2, 0.25) is 0 Å². The third-order valence-electron chi connectivity index (χ3n) is 9.84. The van der Waals surface area contributed by atoms with Crippen molar-refractivity contribution < 1.29 is 44.3 Å². The Hall–Kier alpha value is -4.04. The van der Waals surface area contributed by atoms with Crippen LogP contribution in [-0.2, 0) is 24.6 Å². The molecule has 0 aliphatic carbocycles. The highest BCUT2D eigenvalue weighted by molar-refractivity contribution is 7.99. The number of sulfonamides is 1. The standard InChI is InChI=1S/C39H51F3N6O7S3/c1-38(2,3)55-37(50)47-23-21-46(22-24-47)19-17-29(27-56-32-9-7-6-8-10-32)43-34-16-15-33(25-35(34)57(51,52)39(40,41)42)58(53,54)44-36(49)28-11-13-30(14-12-28)48-20-18-31(26-48)45(4)5/h6-16,25,29,31,43H,17-24,26-27H2,1-5H3,(H,44,49)/t29-,31-/m1/s1. The zero-order chi connectivity index (χ0) is 42.5. The van der Waals surface area contributed by atoms with Gasteiger partial charge >= 0.3 is 11.6 Å². The number of halogens is 3. The summed E-state index contributed by atoms with van der Waals surface area (Å²) < 4.78 is 103. The summed E-state index contributed by atoms with van der Waals surface area (Å²) in [6.45, 7) is 9.26. The van der Waals surface area contributed by atoms with Gasteiger partial charge in [-0.2, -0.15) is 13.2 Å². The van der Waals surface area contributed by atoms with Crippen molar-refractivity contribution in [1.29, 1.82) is 0 Å². The van der Waals surface area contributed by atoms with Crippen LogP contribution in [0, 0.1) is 0 Å². The summed E-state index contributed by atoms with van der Waals surface area (Å²) in [4.78, 5) is 32.4. The number of carbonyl (C=O) groups is 2. The first-order valence-electron chi connectivity index (χ1n) is 18.8. The molecule has 0 aromatic heterocycles. The summed E-state index contributed by atoms with van der Waals surface area (Å²) in [6.07, 6.45) is 0.900. The highest BCUT2D eigenvalue weighted by Crippen LogP contribution is 2.37. The normalized spacial score (nSPS) is 17.6. The molecule has 0 bridgehead atoms. The maximum atomic E-state index is 14.2. The summed E-state index contributed by atoms with van der Waals surface area (Å²) in [5, 5.41) is 2.97. The lowest BCUT2D eigenvalue weighted by Crippen LogP contribution is -2.50. The van der Waals surface area contributed by atoms with E-state index in [0.29, 0.717) is 57.0 Å². The number of rotatable bonds is 14. The molecule has 3 aromatic carbocycles. The summed E-state index contributed by atoms with van der Waals surface area (Å²) in [5.74, 6) is -0.720. The predicted molar refractivity (Wildman–Crippen MR) is 219 cm³/mol. The van der Waals surface area contributed by atoms with Gasteiger partial charge in [-0.15, -0.1) is 11.8 Å². The number of piperazine rings is 1. The van der Waals surface area contributed by atoms with Gasteiger partial charge in [0.25, 0.3) is 25.8 Å². The number of thioether (sulfide) groups is 1. The second kappa shape index (κ2) is 18.5. The highest BCUT2D eigenvalue weighted by Gasteiger charge is 2.48. The number of nitrogens with zero attached hydrogens (tertiary/aromatic N) is 4. The van der Waals surface area contributed by atoms with Crippen molar-refractivity contribution in [1.82, 2.24) is 19.4 Å². The number of sulfone groups is 1. The number of hydrogen-bond acceptors (Lipinski definition) is 12. The molecule has 58 heavy (non-hydrogen) atoms. The van der Waals surface area contributed by atoms with Crippen LogP contribution in [0.15, 0.2) is 87.5 Å². The molecule has 0 unspecified atom stereocenters. The first kappa shape index (κ1) is 45.1. The van der Waals surface area contributed by atoms with E-state index < -0.39 is 64.5 Å². The summed E-state index contributed by atoms with van der Waals surface area (Å²) in [5.41, 5.74) is -6.02. The van der Waals surface area contributed by atoms with Gasteiger partial charge in [-0.05, 0) is 102 Å². The molecular formula is C39H51F3N6O7S3. The number of nitrogens with one attached hydrogen (secondary N) is 2. The van der Waals surface area contributed by atoms with Crippen molar-refractivity contribution in [3.8, 4) is 0 Å². The second-order valence-corrected chi connectivity index (χ2v) is 20.2. The van der Waals surface area contributed by atoms with E-state index >= 15 is 0 Å². The molecule has 0 radical (unpaired) electrons. The van der Waals surface area contributed by atoms with Crippen molar-refractivity contribution >= 4 is 55.0 Å². The lowest BCUT2D eigenvalue weighted by molar-refractivity contribution is -0.0436. The number of hydrogen-bond donors (Lipinski definition) is 2. The quantitative estimate of drug-likeness (QED) is 0.190. The van der Waals surface area contributed by atoms with E-state index in [1.807, 2.05) is 49.1 Å². The summed E-state index contributed by atoms with van der Waals surface area (Å²) in [7, 11) is -6.92. The van der Waals surface area contributed by atoms with Crippen LogP contribution < -0.4 is 14.9 Å². The number of benzene rings is 3. The van der Waals surface area contributed by atoms with Gasteiger partial charge in [0, 0.05) is 79.8 Å². The van der Waals surface area contributed by atoms with Gasteiger partial charge in [-0.1, -0.05) is 18.2 Å². The smallest absolute Gasteiger partial charge is 0.444 e. The van der Waals surface area contributed by atoms with Crippen molar-refractivity contribution in [3.63, 3.8) is 0 Å². The van der Waals surface area contributed by atoms with Crippen LogP contribution in [-0.4, -0.2) is 132 Å². The Morgan fingerprint density at radius 1 is 0.914 bits per heavy atom. The summed E-state index contributed by atoms with van der Waals surface area (Å²) >= 11 is 1.41. The van der Waals surface area contributed by atoms with Crippen LogP contribution in [0.2, 0.25) is 0 Å². The van der Waals surface area contributed by atoms with Crippen LogP contribution in [0.4, 0.5) is 29.3 Å². The fourth-order valence-corrected chi connectivity index (χ4v) is 9.56. The second-order valence-electron chi connectivity index (χ2n) is 15.5. The molecular weight excluding hydrogens is 818 g/mol. The number of ether oxygens (including phenoxy) is 1. The molecule has 2 saturated heterocycles. The lowest BCUT2D eigenvalue weighted by atomic mass is 10.2. The van der Waals surface area contributed by atoms with Gasteiger partial charge in [0.1, 0.15) is 10.5 Å². The van der Waals surface area contributed by atoms with E-state index in [1.54, 1.807) is 37.8 Å². The topological polar surface area (TPSA) is 149 Å². The van der Waals surface area contributed by atoms with E-state index in [0.717, 1.165) is 42.2 Å². The van der Waals surface area contributed by atoms with Gasteiger partial charge in [-0.25, -0.2) is 26.4 Å². The van der Waals surface area contributed by atoms with Crippen LogP contribution in [0.25, 0.3) is 0 Å². The zero-order valence-electron chi connectivity index (χ0n) is 33.2. The number of amides is 2. The zero-order valence-corrected chi connectivity index (χ0v) is 35.6.